The number of hydrogen-bond acceptors (Lipinski definition) is 7. The number of aryl methyl sites for hydroxylation is 1. The Balaban J connectivity index is 1.80. The minimum atomic E-state index is -0.665. The summed E-state index contributed by atoms with van der Waals surface area (Å²) in [4.78, 5) is 33.1. The number of nitro benzene ring substituents is 1. The molecular formula is C18H14ClN5O6. The van der Waals surface area contributed by atoms with Gasteiger partial charge in [0.05, 0.1) is 33.5 Å². The average molecular weight is 432 g/mol. The maximum atomic E-state index is 12.3. The Hall–Kier alpha value is -3.99. The Bertz CT molecular complexity index is 1150. The Morgan fingerprint density at radius 1 is 1.13 bits per heavy atom. The normalized spacial score (nSPS) is 10.5. The van der Waals surface area contributed by atoms with Crippen molar-refractivity contribution >= 4 is 34.7 Å². The lowest BCUT2D eigenvalue weighted by molar-refractivity contribution is -0.389. The SMILES string of the molecule is Cc1cc([N+](=O)[O-])nn1CC(=O)Nc1cc(Oc2cccc(Cl)c2)cc([N+](=O)[O-])c1. The van der Waals surface area contributed by atoms with Crippen molar-refractivity contribution in [3.63, 3.8) is 0 Å². The number of ether oxygens (including phenoxy) is 1. The number of nitrogens with one attached hydrogen (secondary N) is 1. The largest absolute Gasteiger partial charge is 0.457 e. The third-order valence-electron chi connectivity index (χ3n) is 3.87. The summed E-state index contributed by atoms with van der Waals surface area (Å²) in [5.41, 5.74) is 0.238. The second kappa shape index (κ2) is 8.57. The van der Waals surface area contributed by atoms with E-state index >= 15 is 0 Å². The van der Waals surface area contributed by atoms with Crippen LogP contribution < -0.4 is 10.1 Å². The molecule has 0 fully saturated rings. The van der Waals surface area contributed by atoms with Gasteiger partial charge in [-0.25, -0.2) is 0 Å². The number of hydrogen-bond donors (Lipinski definition) is 1. The lowest BCUT2D eigenvalue weighted by atomic mass is 10.2. The number of benzene rings is 2. The van der Waals surface area contributed by atoms with E-state index in [1.54, 1.807) is 25.1 Å². The number of aromatic nitrogens is 2. The van der Waals surface area contributed by atoms with Crippen LogP contribution in [0, 0.1) is 27.2 Å². The minimum absolute atomic E-state index is 0.116. The smallest absolute Gasteiger partial charge is 0.390 e. The molecule has 0 spiro atoms. The fraction of sp³-hybridized carbons (Fsp3) is 0.111. The van der Waals surface area contributed by atoms with Gasteiger partial charge in [-0.3, -0.25) is 14.9 Å². The number of halogens is 1. The van der Waals surface area contributed by atoms with Crippen LogP contribution in [0.4, 0.5) is 17.2 Å². The summed E-state index contributed by atoms with van der Waals surface area (Å²) in [6.45, 7) is 1.25. The molecule has 154 valence electrons. The zero-order valence-corrected chi connectivity index (χ0v) is 16.2. The van der Waals surface area contributed by atoms with Crippen molar-refractivity contribution in [2.75, 3.05) is 5.32 Å². The van der Waals surface area contributed by atoms with Crippen molar-refractivity contribution in [3.05, 3.63) is 79.5 Å². The molecule has 3 rings (SSSR count). The van der Waals surface area contributed by atoms with Crippen LogP contribution in [0.2, 0.25) is 5.02 Å². The second-order valence-corrected chi connectivity index (χ2v) is 6.58. The van der Waals surface area contributed by atoms with Crippen LogP contribution in [0.1, 0.15) is 5.69 Å². The molecule has 0 bridgehead atoms. The van der Waals surface area contributed by atoms with Crippen molar-refractivity contribution in [2.24, 2.45) is 0 Å². The molecule has 3 aromatic rings. The van der Waals surface area contributed by atoms with Crippen molar-refractivity contribution in [1.29, 1.82) is 0 Å². The van der Waals surface area contributed by atoms with Gasteiger partial charge in [0, 0.05) is 17.2 Å². The van der Waals surface area contributed by atoms with Crippen molar-refractivity contribution in [3.8, 4) is 11.5 Å². The standard InChI is InChI=1S/C18H14ClN5O6/c1-11-5-17(24(28)29)21-22(11)10-18(25)20-13-7-14(23(26)27)9-16(8-13)30-15-4-2-3-12(19)6-15/h2-9H,10H2,1H3,(H,20,25). The fourth-order valence-corrected chi connectivity index (χ4v) is 2.75. The molecule has 11 nitrogen and oxygen atoms in total. The Labute approximate surface area is 174 Å². The van der Waals surface area contributed by atoms with Gasteiger partial charge in [0.1, 0.15) is 18.0 Å². The minimum Gasteiger partial charge on any atom is -0.457 e. The quantitative estimate of drug-likeness (QED) is 0.438. The molecule has 0 aliphatic heterocycles. The highest BCUT2D eigenvalue weighted by molar-refractivity contribution is 6.30. The van der Waals surface area contributed by atoms with Crippen LogP contribution in [0.15, 0.2) is 48.5 Å². The number of nitrogens with zero attached hydrogens (tertiary/aromatic N) is 4. The van der Waals surface area contributed by atoms with Crippen LogP contribution in [-0.4, -0.2) is 25.5 Å². The first-order chi connectivity index (χ1) is 14.2. The molecule has 1 heterocycles. The van der Waals surface area contributed by atoms with Gasteiger partial charge in [0.25, 0.3) is 5.69 Å². The van der Waals surface area contributed by atoms with Gasteiger partial charge < -0.3 is 20.2 Å². The Morgan fingerprint density at radius 2 is 1.90 bits per heavy atom. The zero-order chi connectivity index (χ0) is 21.8. The highest BCUT2D eigenvalue weighted by Crippen LogP contribution is 2.30. The molecule has 1 N–H and O–H groups in total. The molecule has 1 amide bonds. The molecule has 0 saturated carbocycles. The highest BCUT2D eigenvalue weighted by Gasteiger charge is 2.19. The van der Waals surface area contributed by atoms with E-state index in [0.717, 1.165) is 4.68 Å². The molecule has 12 heteroatoms. The zero-order valence-electron chi connectivity index (χ0n) is 15.4. The molecule has 0 saturated heterocycles. The van der Waals surface area contributed by atoms with Crippen LogP contribution in [0.3, 0.4) is 0 Å². The van der Waals surface area contributed by atoms with Gasteiger partial charge in [0.15, 0.2) is 0 Å². The number of carbonyl (C=O) groups is 1. The van der Waals surface area contributed by atoms with Gasteiger partial charge in [-0.15, -0.1) is 0 Å². The molecule has 0 radical (unpaired) electrons. The van der Waals surface area contributed by atoms with E-state index in [9.17, 15) is 25.0 Å². The maximum Gasteiger partial charge on any atom is 0.390 e. The predicted molar refractivity (Wildman–Crippen MR) is 107 cm³/mol. The van der Waals surface area contributed by atoms with E-state index in [2.05, 4.69) is 10.4 Å². The Kier molecular flexibility index (Phi) is 5.93. The van der Waals surface area contributed by atoms with E-state index < -0.39 is 15.8 Å². The van der Waals surface area contributed by atoms with E-state index in [0.29, 0.717) is 16.5 Å². The van der Waals surface area contributed by atoms with Crippen LogP contribution >= 0.6 is 11.6 Å². The van der Waals surface area contributed by atoms with Gasteiger partial charge in [0.2, 0.25) is 5.91 Å². The molecule has 0 unspecified atom stereocenters. The summed E-state index contributed by atoms with van der Waals surface area (Å²) in [6.07, 6.45) is 0. The third kappa shape index (κ3) is 5.08. The van der Waals surface area contributed by atoms with Crippen LogP contribution in [0.25, 0.3) is 0 Å². The first-order valence-electron chi connectivity index (χ1n) is 8.43. The first-order valence-corrected chi connectivity index (χ1v) is 8.80. The predicted octanol–water partition coefficient (Wildman–Crippen LogP) is 4.09. The van der Waals surface area contributed by atoms with Gasteiger partial charge in [-0.05, 0) is 30.0 Å². The molecule has 0 aliphatic carbocycles. The maximum absolute atomic E-state index is 12.3. The van der Waals surface area contributed by atoms with E-state index in [-0.39, 0.29) is 29.5 Å². The lowest BCUT2D eigenvalue weighted by Crippen LogP contribution is -2.20. The summed E-state index contributed by atoms with van der Waals surface area (Å²) in [5.74, 6) is -0.481. The summed E-state index contributed by atoms with van der Waals surface area (Å²) < 4.78 is 6.77. The number of rotatable bonds is 7. The number of anilines is 1. The van der Waals surface area contributed by atoms with Gasteiger partial charge in [-0.1, -0.05) is 17.7 Å². The van der Waals surface area contributed by atoms with Gasteiger partial charge >= 0.3 is 5.82 Å². The molecule has 2 aromatic carbocycles. The third-order valence-corrected chi connectivity index (χ3v) is 4.10. The number of carbonyl (C=O) groups excluding carboxylic acids is 1. The second-order valence-electron chi connectivity index (χ2n) is 6.14. The van der Waals surface area contributed by atoms with Crippen molar-refractivity contribution < 1.29 is 19.4 Å². The highest BCUT2D eigenvalue weighted by atomic mass is 35.5. The Morgan fingerprint density at radius 3 is 2.53 bits per heavy atom. The molecular weight excluding hydrogens is 418 g/mol. The number of non-ortho nitro benzene ring substituents is 1. The summed E-state index contributed by atoms with van der Waals surface area (Å²) in [6, 6.07) is 11.5. The summed E-state index contributed by atoms with van der Waals surface area (Å²) in [5, 5.41) is 28.7. The van der Waals surface area contributed by atoms with E-state index in [1.807, 2.05) is 0 Å². The number of nitro groups is 2. The van der Waals surface area contributed by atoms with Crippen molar-refractivity contribution in [1.82, 2.24) is 9.78 Å². The van der Waals surface area contributed by atoms with Crippen molar-refractivity contribution in [2.45, 2.75) is 13.5 Å². The average Bonchev–Trinajstić information content (AvgIpc) is 3.02. The topological polar surface area (TPSA) is 142 Å². The first kappa shape index (κ1) is 20.7. The van der Waals surface area contributed by atoms with E-state index in [1.165, 1.54) is 30.3 Å². The fourth-order valence-electron chi connectivity index (χ4n) is 2.56. The molecule has 0 atom stereocenters. The molecule has 0 aliphatic rings. The monoisotopic (exact) mass is 431 g/mol. The molecule has 1 aromatic heterocycles. The molecule has 30 heavy (non-hydrogen) atoms. The summed E-state index contributed by atoms with van der Waals surface area (Å²) >= 11 is 5.91. The van der Waals surface area contributed by atoms with E-state index in [4.69, 9.17) is 16.3 Å². The summed E-state index contributed by atoms with van der Waals surface area (Å²) in [7, 11) is 0. The van der Waals surface area contributed by atoms with Gasteiger partial charge in [-0.2, -0.15) is 4.68 Å². The van der Waals surface area contributed by atoms with Crippen LogP contribution in [-0.2, 0) is 11.3 Å². The lowest BCUT2D eigenvalue weighted by Gasteiger charge is -2.09. The van der Waals surface area contributed by atoms with Crippen LogP contribution in [0.5, 0.6) is 11.5 Å². The number of amides is 1.